The minimum Gasteiger partial charge on any atom is -0.400 e. The lowest BCUT2D eigenvalue weighted by Crippen LogP contribution is -2.30. The highest BCUT2D eigenvalue weighted by Crippen LogP contribution is 2.22. The van der Waals surface area contributed by atoms with E-state index < -0.39 is 13.1 Å². The topological polar surface area (TPSA) is 77.2 Å². The Morgan fingerprint density at radius 2 is 2.30 bits per heavy atom. The van der Waals surface area contributed by atoms with E-state index in [0.29, 0.717) is 16.8 Å². The summed E-state index contributed by atoms with van der Waals surface area (Å²) < 4.78 is 18.1. The normalized spacial score (nSPS) is 16.0. The molecule has 7 heteroatoms. The van der Waals surface area contributed by atoms with Crippen LogP contribution in [-0.2, 0) is 9.45 Å². The highest BCUT2D eigenvalue weighted by atomic mass is 19.1. The van der Waals surface area contributed by atoms with E-state index in [4.69, 9.17) is 10.4 Å². The van der Waals surface area contributed by atoms with Crippen molar-refractivity contribution in [1.29, 1.82) is 0 Å². The number of nitrogens with two attached hydrogens (primary N) is 1. The first-order valence-corrected chi connectivity index (χ1v) is 8.76. The van der Waals surface area contributed by atoms with Gasteiger partial charge in [0, 0.05) is 30.0 Å². The minimum atomic E-state index is -1.40. The zero-order valence-corrected chi connectivity index (χ0v) is 15.1. The SMILES string of the molecule is C/C=C\C(=C/C1=CB(F)OC1)C(CN)C(=O)Nc1ccc2cnccc2c1. The lowest BCUT2D eigenvalue weighted by atomic mass is 9.91. The molecule has 2 heterocycles. The number of halogens is 1. The molecule has 1 unspecified atom stereocenters. The van der Waals surface area contributed by atoms with Crippen LogP contribution in [0.2, 0.25) is 0 Å². The fraction of sp³-hybridized carbons (Fsp3) is 0.200. The van der Waals surface area contributed by atoms with Crippen LogP contribution in [0.15, 0.2) is 72.0 Å². The summed E-state index contributed by atoms with van der Waals surface area (Å²) in [5.41, 5.74) is 7.98. The van der Waals surface area contributed by atoms with Gasteiger partial charge in [-0.05, 0) is 47.6 Å². The van der Waals surface area contributed by atoms with Gasteiger partial charge in [0.15, 0.2) is 0 Å². The number of fused-ring (bicyclic) bond motifs is 1. The van der Waals surface area contributed by atoms with Crippen molar-refractivity contribution >= 4 is 29.6 Å². The van der Waals surface area contributed by atoms with Crippen LogP contribution in [0.3, 0.4) is 0 Å². The van der Waals surface area contributed by atoms with Gasteiger partial charge in [-0.2, -0.15) is 0 Å². The number of hydrogen-bond acceptors (Lipinski definition) is 4. The van der Waals surface area contributed by atoms with Gasteiger partial charge in [-0.15, -0.1) is 0 Å². The number of nitrogens with one attached hydrogen (secondary N) is 1. The molecule has 0 saturated heterocycles. The van der Waals surface area contributed by atoms with Gasteiger partial charge < -0.3 is 15.7 Å². The maximum atomic E-state index is 13.2. The van der Waals surface area contributed by atoms with E-state index in [-0.39, 0.29) is 19.1 Å². The van der Waals surface area contributed by atoms with Gasteiger partial charge in [0.25, 0.3) is 0 Å². The molecule has 138 valence electrons. The molecule has 0 radical (unpaired) electrons. The number of benzene rings is 1. The summed E-state index contributed by atoms with van der Waals surface area (Å²) in [7, 11) is -1.40. The number of carbonyl (C=O) groups is 1. The molecule has 0 spiro atoms. The lowest BCUT2D eigenvalue weighted by molar-refractivity contribution is -0.118. The first-order valence-electron chi connectivity index (χ1n) is 8.76. The molecule has 3 N–H and O–H groups in total. The number of amides is 1. The summed E-state index contributed by atoms with van der Waals surface area (Å²) in [6.45, 7) is 2.17. The Morgan fingerprint density at radius 3 is 3.00 bits per heavy atom. The first-order chi connectivity index (χ1) is 13.1. The van der Waals surface area contributed by atoms with Crippen LogP contribution in [0, 0.1) is 5.92 Å². The molecule has 1 atom stereocenters. The Morgan fingerprint density at radius 1 is 1.44 bits per heavy atom. The third-order valence-electron chi connectivity index (χ3n) is 4.33. The Bertz CT molecular complexity index is 926. The Hall–Kier alpha value is -2.77. The molecule has 3 rings (SSSR count). The smallest absolute Gasteiger partial charge is 0.400 e. The van der Waals surface area contributed by atoms with Crippen LogP contribution in [0.1, 0.15) is 6.92 Å². The quantitative estimate of drug-likeness (QED) is 0.609. The van der Waals surface area contributed by atoms with Gasteiger partial charge in [-0.3, -0.25) is 14.1 Å². The highest BCUT2D eigenvalue weighted by Gasteiger charge is 2.24. The maximum Gasteiger partial charge on any atom is 0.527 e. The van der Waals surface area contributed by atoms with Gasteiger partial charge >= 0.3 is 7.19 Å². The molecule has 1 amide bonds. The molecule has 0 bridgehead atoms. The Kier molecular flexibility index (Phi) is 6.16. The van der Waals surface area contributed by atoms with E-state index in [1.807, 2.05) is 43.3 Å². The van der Waals surface area contributed by atoms with Gasteiger partial charge in [0.05, 0.1) is 12.5 Å². The van der Waals surface area contributed by atoms with Gasteiger partial charge in [-0.1, -0.05) is 24.3 Å². The lowest BCUT2D eigenvalue weighted by Gasteiger charge is -2.17. The van der Waals surface area contributed by atoms with Crippen molar-refractivity contribution in [2.24, 2.45) is 11.7 Å². The number of nitrogens with zero attached hydrogens (tertiary/aromatic N) is 1. The second-order valence-corrected chi connectivity index (χ2v) is 6.26. The number of aromatic nitrogens is 1. The largest absolute Gasteiger partial charge is 0.527 e. The van der Waals surface area contributed by atoms with Crippen molar-refractivity contribution < 1.29 is 13.8 Å². The second-order valence-electron chi connectivity index (χ2n) is 6.26. The van der Waals surface area contributed by atoms with Crippen molar-refractivity contribution in [2.75, 3.05) is 18.5 Å². The monoisotopic (exact) mass is 365 g/mol. The fourth-order valence-electron chi connectivity index (χ4n) is 2.99. The predicted octanol–water partition coefficient (Wildman–Crippen LogP) is 3.20. The number of hydrogen-bond donors (Lipinski definition) is 2. The van der Waals surface area contributed by atoms with Crippen LogP contribution in [-0.4, -0.2) is 31.2 Å². The van der Waals surface area contributed by atoms with Crippen LogP contribution in [0.5, 0.6) is 0 Å². The van der Waals surface area contributed by atoms with E-state index >= 15 is 0 Å². The highest BCUT2D eigenvalue weighted by molar-refractivity contribution is 6.51. The zero-order valence-electron chi connectivity index (χ0n) is 15.1. The summed E-state index contributed by atoms with van der Waals surface area (Å²) in [6, 6.07) is 7.51. The maximum absolute atomic E-state index is 13.2. The second kappa shape index (κ2) is 8.75. The molecule has 0 aliphatic carbocycles. The molecule has 1 aliphatic rings. The number of anilines is 1. The van der Waals surface area contributed by atoms with Crippen molar-refractivity contribution in [2.45, 2.75) is 6.92 Å². The summed E-state index contributed by atoms with van der Waals surface area (Å²) >= 11 is 0. The van der Waals surface area contributed by atoms with E-state index in [0.717, 1.165) is 10.8 Å². The number of carbonyl (C=O) groups excluding carboxylic acids is 1. The molecule has 0 fully saturated rings. The van der Waals surface area contributed by atoms with Crippen molar-refractivity contribution in [3.8, 4) is 0 Å². The number of rotatable bonds is 6. The molecule has 1 aromatic heterocycles. The van der Waals surface area contributed by atoms with Gasteiger partial charge in [-0.25, -0.2) is 0 Å². The average molecular weight is 365 g/mol. The first kappa shape index (κ1) is 19.0. The third kappa shape index (κ3) is 4.70. The molecule has 0 saturated carbocycles. The molecule has 27 heavy (non-hydrogen) atoms. The zero-order chi connectivity index (χ0) is 19.2. The predicted molar refractivity (Wildman–Crippen MR) is 107 cm³/mol. The third-order valence-corrected chi connectivity index (χ3v) is 4.33. The summed E-state index contributed by atoms with van der Waals surface area (Å²) in [5.74, 6) is 0.618. The number of pyridine rings is 1. The summed E-state index contributed by atoms with van der Waals surface area (Å²) in [5, 5.41) is 4.90. The van der Waals surface area contributed by atoms with Gasteiger partial charge in [0.2, 0.25) is 5.91 Å². The molecular formula is C20H21BFN3O2. The molecule has 1 aromatic carbocycles. The summed E-state index contributed by atoms with van der Waals surface area (Å²) in [4.78, 5) is 16.9. The molecule has 1 aliphatic heterocycles. The molecule has 2 aromatic rings. The van der Waals surface area contributed by atoms with E-state index in [9.17, 15) is 9.11 Å². The number of allylic oxidation sites excluding steroid dienone is 2. The molecule has 5 nitrogen and oxygen atoms in total. The Balaban J connectivity index is 1.82. The van der Waals surface area contributed by atoms with E-state index in [1.54, 1.807) is 18.5 Å². The fourth-order valence-corrected chi connectivity index (χ4v) is 2.99. The van der Waals surface area contributed by atoms with Crippen molar-refractivity contribution in [3.05, 3.63) is 72.0 Å². The van der Waals surface area contributed by atoms with Crippen molar-refractivity contribution in [1.82, 2.24) is 4.98 Å². The molecular weight excluding hydrogens is 344 g/mol. The van der Waals surface area contributed by atoms with Crippen LogP contribution in [0.4, 0.5) is 10.0 Å². The Labute approximate surface area is 158 Å². The van der Waals surface area contributed by atoms with E-state index in [1.165, 1.54) is 5.98 Å². The minimum absolute atomic E-state index is 0.132. The van der Waals surface area contributed by atoms with Crippen LogP contribution >= 0.6 is 0 Å². The van der Waals surface area contributed by atoms with Crippen LogP contribution in [0.25, 0.3) is 10.8 Å². The summed E-state index contributed by atoms with van der Waals surface area (Å²) in [6.07, 6.45) is 8.89. The van der Waals surface area contributed by atoms with Crippen LogP contribution < -0.4 is 11.1 Å². The van der Waals surface area contributed by atoms with E-state index in [2.05, 4.69) is 10.3 Å². The van der Waals surface area contributed by atoms with Crippen molar-refractivity contribution in [3.63, 3.8) is 0 Å². The average Bonchev–Trinajstić information content (AvgIpc) is 3.07. The standard InChI is InChI=1S/C20H21BFN3O2/c1-2-3-16(8-14-10-21(22)27-13-14)19(11-23)20(26)25-18-5-4-17-12-24-7-6-15(17)9-18/h2-10,12,19H,11,13,23H2,1H3,(H,25,26)/b3-2-,16-8+. The van der Waals surface area contributed by atoms with Gasteiger partial charge in [0.1, 0.15) is 0 Å².